The molecule has 160 valence electrons. The van der Waals surface area contributed by atoms with Crippen molar-refractivity contribution in [3.8, 4) is 11.6 Å². The highest BCUT2D eigenvalue weighted by Crippen LogP contribution is 2.35. The van der Waals surface area contributed by atoms with E-state index < -0.39 is 6.04 Å². The molecule has 1 amide bonds. The first-order chi connectivity index (χ1) is 15.6. The minimum absolute atomic E-state index is 0.0976. The number of amides is 1. The molecule has 1 N–H and O–H groups in total. The van der Waals surface area contributed by atoms with Crippen molar-refractivity contribution in [1.29, 1.82) is 0 Å². The van der Waals surface area contributed by atoms with Crippen molar-refractivity contribution in [1.82, 2.24) is 44.5 Å². The minimum Gasteiger partial charge on any atom is -0.411 e. The predicted octanol–water partition coefficient (Wildman–Crippen LogP) is 2.39. The van der Waals surface area contributed by atoms with E-state index in [0.717, 1.165) is 21.4 Å². The van der Waals surface area contributed by atoms with Crippen LogP contribution < -0.4 is 0 Å². The van der Waals surface area contributed by atoms with Gasteiger partial charge in [0.2, 0.25) is 0 Å². The molecule has 1 aliphatic rings. The molecule has 0 saturated carbocycles. The second-order valence-electron chi connectivity index (χ2n) is 7.46. The summed E-state index contributed by atoms with van der Waals surface area (Å²) in [7, 11) is 1.79. The van der Waals surface area contributed by atoms with E-state index in [2.05, 4.69) is 41.2 Å². The standard InChI is InChI=1S/C20H16BrN9O2/c1-28-7-4-13(26-28)18-24-25-19(32-18)20(31)29-8-5-12-16(23-10-22-12)17(29)14-9-15-11(21)3-2-6-30(15)27-14/h2-4,6-7,9-10,17H,5,8H2,1H3,(H,22,23)/t17-/m0/s1. The minimum atomic E-state index is -0.491. The van der Waals surface area contributed by atoms with Crippen molar-refractivity contribution in [3.05, 3.63) is 70.4 Å². The Morgan fingerprint density at radius 3 is 2.97 bits per heavy atom. The largest absolute Gasteiger partial charge is 0.411 e. The molecular weight excluding hydrogens is 478 g/mol. The summed E-state index contributed by atoms with van der Waals surface area (Å²) in [5.74, 6) is -0.284. The Morgan fingerprint density at radius 1 is 1.25 bits per heavy atom. The number of aromatic amines is 1. The lowest BCUT2D eigenvalue weighted by molar-refractivity contribution is 0.0646. The molecule has 0 bridgehead atoms. The lowest BCUT2D eigenvalue weighted by atomic mass is 9.99. The molecule has 0 spiro atoms. The zero-order valence-corrected chi connectivity index (χ0v) is 18.4. The summed E-state index contributed by atoms with van der Waals surface area (Å²) in [5.41, 5.74) is 3.84. The van der Waals surface area contributed by atoms with Crippen LogP contribution in [-0.2, 0) is 13.5 Å². The van der Waals surface area contributed by atoms with E-state index in [1.165, 1.54) is 0 Å². The van der Waals surface area contributed by atoms with Crippen molar-refractivity contribution in [2.75, 3.05) is 6.54 Å². The third kappa shape index (κ3) is 2.94. The van der Waals surface area contributed by atoms with Gasteiger partial charge in [0.25, 0.3) is 5.89 Å². The number of nitrogens with one attached hydrogen (secondary N) is 1. The number of imidazole rings is 1. The van der Waals surface area contributed by atoms with Crippen LogP contribution in [0.1, 0.15) is 33.8 Å². The average molecular weight is 494 g/mol. The van der Waals surface area contributed by atoms with Gasteiger partial charge in [-0.25, -0.2) is 9.50 Å². The third-order valence-corrected chi connectivity index (χ3v) is 6.15. The number of fused-ring (bicyclic) bond motifs is 2. The van der Waals surface area contributed by atoms with Gasteiger partial charge in [0, 0.05) is 42.6 Å². The first kappa shape index (κ1) is 18.9. The summed E-state index contributed by atoms with van der Waals surface area (Å²) < 4.78 is 9.99. The molecule has 1 aliphatic heterocycles. The molecule has 32 heavy (non-hydrogen) atoms. The summed E-state index contributed by atoms with van der Waals surface area (Å²) in [6.07, 6.45) is 5.91. The van der Waals surface area contributed by atoms with Gasteiger partial charge >= 0.3 is 11.8 Å². The molecule has 12 heteroatoms. The van der Waals surface area contributed by atoms with Gasteiger partial charge in [-0.05, 0) is 40.2 Å². The van der Waals surface area contributed by atoms with E-state index in [9.17, 15) is 4.79 Å². The fraction of sp³-hybridized carbons (Fsp3) is 0.200. The molecule has 5 aromatic heterocycles. The van der Waals surface area contributed by atoms with Gasteiger partial charge in [-0.1, -0.05) is 0 Å². The van der Waals surface area contributed by atoms with E-state index in [1.54, 1.807) is 39.7 Å². The van der Waals surface area contributed by atoms with Crippen LogP contribution in [0, 0.1) is 0 Å². The molecule has 0 aromatic carbocycles. The molecule has 0 radical (unpaired) electrons. The Kier molecular flexibility index (Phi) is 4.21. The van der Waals surface area contributed by atoms with E-state index in [1.807, 2.05) is 24.4 Å². The first-order valence-electron chi connectivity index (χ1n) is 9.89. The van der Waals surface area contributed by atoms with Gasteiger partial charge < -0.3 is 14.3 Å². The summed E-state index contributed by atoms with van der Waals surface area (Å²) >= 11 is 3.56. The Hall–Kier alpha value is -3.80. The molecule has 0 aliphatic carbocycles. The number of pyridine rings is 1. The smallest absolute Gasteiger partial charge is 0.312 e. The van der Waals surface area contributed by atoms with Crippen LogP contribution in [0.3, 0.4) is 0 Å². The highest BCUT2D eigenvalue weighted by atomic mass is 79.9. The van der Waals surface area contributed by atoms with Gasteiger partial charge in [0.1, 0.15) is 11.7 Å². The highest BCUT2D eigenvalue weighted by molar-refractivity contribution is 9.10. The van der Waals surface area contributed by atoms with Crippen LogP contribution in [0.2, 0.25) is 0 Å². The van der Waals surface area contributed by atoms with Gasteiger partial charge in [0.05, 0.1) is 23.2 Å². The fourth-order valence-corrected chi connectivity index (χ4v) is 4.44. The molecule has 11 nitrogen and oxygen atoms in total. The maximum atomic E-state index is 13.5. The fourth-order valence-electron chi connectivity index (χ4n) is 3.99. The van der Waals surface area contributed by atoms with Crippen LogP contribution >= 0.6 is 15.9 Å². The summed E-state index contributed by atoms with van der Waals surface area (Å²) in [6, 6.07) is 7.05. The number of nitrogens with zero attached hydrogens (tertiary/aromatic N) is 8. The molecule has 6 rings (SSSR count). The zero-order chi connectivity index (χ0) is 21.8. The van der Waals surface area contributed by atoms with Gasteiger partial charge in [-0.15, -0.1) is 10.2 Å². The SMILES string of the molecule is Cn1ccc(-c2nnc(C(=O)N3CCc4[nH]cnc4[C@@H]3c3cc4c(Br)cccn4n3)o2)n1. The lowest BCUT2D eigenvalue weighted by Gasteiger charge is -2.32. The average Bonchev–Trinajstić information content (AvgIpc) is 3.57. The quantitative estimate of drug-likeness (QED) is 0.409. The van der Waals surface area contributed by atoms with Crippen molar-refractivity contribution in [2.24, 2.45) is 7.05 Å². The second-order valence-corrected chi connectivity index (χ2v) is 8.31. The zero-order valence-electron chi connectivity index (χ0n) is 16.8. The Labute approximate surface area is 189 Å². The lowest BCUT2D eigenvalue weighted by Crippen LogP contribution is -2.41. The number of carbonyl (C=O) groups excluding carboxylic acids is 1. The number of rotatable bonds is 3. The first-order valence-corrected chi connectivity index (χ1v) is 10.7. The van der Waals surface area contributed by atoms with Crippen LogP contribution in [0.5, 0.6) is 0 Å². The van der Waals surface area contributed by atoms with Crippen LogP contribution in [0.15, 0.2) is 51.9 Å². The number of hydrogen-bond donors (Lipinski definition) is 1. The van der Waals surface area contributed by atoms with Crippen LogP contribution in [-0.4, -0.2) is 56.9 Å². The van der Waals surface area contributed by atoms with Crippen LogP contribution in [0.4, 0.5) is 0 Å². The molecule has 5 aromatic rings. The molecule has 6 heterocycles. The van der Waals surface area contributed by atoms with Gasteiger partial charge in [-0.3, -0.25) is 9.48 Å². The molecule has 0 unspecified atom stereocenters. The van der Waals surface area contributed by atoms with Crippen molar-refractivity contribution in [2.45, 2.75) is 12.5 Å². The Balaban J connectivity index is 1.41. The predicted molar refractivity (Wildman–Crippen MR) is 115 cm³/mol. The number of H-pyrrole nitrogens is 1. The van der Waals surface area contributed by atoms with E-state index >= 15 is 0 Å². The number of carbonyl (C=O) groups is 1. The Morgan fingerprint density at radius 2 is 2.16 bits per heavy atom. The summed E-state index contributed by atoms with van der Waals surface area (Å²) in [6.45, 7) is 0.453. The van der Waals surface area contributed by atoms with E-state index in [0.29, 0.717) is 24.4 Å². The highest BCUT2D eigenvalue weighted by Gasteiger charge is 2.38. The van der Waals surface area contributed by atoms with E-state index in [-0.39, 0.29) is 17.7 Å². The molecular formula is C20H16BrN9O2. The number of hydrogen-bond acceptors (Lipinski definition) is 7. The summed E-state index contributed by atoms with van der Waals surface area (Å²) in [5, 5.41) is 17.0. The van der Waals surface area contributed by atoms with Gasteiger partial charge in [0.15, 0.2) is 0 Å². The number of aryl methyl sites for hydroxylation is 1. The Bertz CT molecular complexity index is 1460. The van der Waals surface area contributed by atoms with Gasteiger partial charge in [-0.2, -0.15) is 10.2 Å². The third-order valence-electron chi connectivity index (χ3n) is 5.48. The molecule has 0 saturated heterocycles. The van der Waals surface area contributed by atoms with Crippen molar-refractivity contribution < 1.29 is 9.21 Å². The number of aromatic nitrogens is 8. The van der Waals surface area contributed by atoms with E-state index in [4.69, 9.17) is 9.52 Å². The van der Waals surface area contributed by atoms with Crippen LogP contribution in [0.25, 0.3) is 17.1 Å². The topological polar surface area (TPSA) is 123 Å². The second kappa shape index (κ2) is 7.12. The maximum Gasteiger partial charge on any atom is 0.312 e. The maximum absolute atomic E-state index is 13.5. The number of halogens is 1. The van der Waals surface area contributed by atoms with Crippen molar-refractivity contribution >= 4 is 27.4 Å². The summed E-state index contributed by atoms with van der Waals surface area (Å²) in [4.78, 5) is 22.8. The van der Waals surface area contributed by atoms with Crippen molar-refractivity contribution in [3.63, 3.8) is 0 Å². The molecule has 1 atom stereocenters. The molecule has 0 fully saturated rings. The normalized spacial score (nSPS) is 15.9. The monoisotopic (exact) mass is 493 g/mol.